The summed E-state index contributed by atoms with van der Waals surface area (Å²) in [6.45, 7) is 8.76. The van der Waals surface area contributed by atoms with E-state index in [1.165, 1.54) is 12.0 Å². The van der Waals surface area contributed by atoms with Crippen molar-refractivity contribution in [2.75, 3.05) is 32.7 Å². The zero-order valence-corrected chi connectivity index (χ0v) is 13.2. The van der Waals surface area contributed by atoms with Crippen LogP contribution in [0.4, 0.5) is 4.79 Å². The maximum Gasteiger partial charge on any atom is 0.317 e. The zero-order valence-electron chi connectivity index (χ0n) is 13.2. The average Bonchev–Trinajstić information content (AvgIpc) is 2.48. The molecule has 0 aliphatic carbocycles. The summed E-state index contributed by atoms with van der Waals surface area (Å²) in [5, 5.41) is 2.96. The van der Waals surface area contributed by atoms with Gasteiger partial charge in [0, 0.05) is 32.2 Å². The summed E-state index contributed by atoms with van der Waals surface area (Å²) < 4.78 is 0. The van der Waals surface area contributed by atoms with Crippen LogP contribution in [0.25, 0.3) is 0 Å². The number of nitrogens with one attached hydrogen (secondary N) is 1. The van der Waals surface area contributed by atoms with Crippen LogP contribution < -0.4 is 5.32 Å². The maximum absolute atomic E-state index is 11.9. The number of piperazine rings is 1. The van der Waals surface area contributed by atoms with Crippen molar-refractivity contribution in [1.82, 2.24) is 15.1 Å². The molecule has 2 amide bonds. The van der Waals surface area contributed by atoms with Crippen molar-refractivity contribution >= 4 is 6.03 Å². The molecule has 21 heavy (non-hydrogen) atoms. The molecule has 4 heteroatoms. The van der Waals surface area contributed by atoms with Gasteiger partial charge in [-0.25, -0.2) is 4.79 Å². The first-order chi connectivity index (χ1) is 10.1. The molecule has 0 spiro atoms. The third kappa shape index (κ3) is 5.38. The molecule has 1 aliphatic heterocycles. The number of carbonyl (C=O) groups excluding carboxylic acids is 1. The van der Waals surface area contributed by atoms with Crippen molar-refractivity contribution in [3.8, 4) is 0 Å². The molecule has 0 radical (unpaired) electrons. The first-order valence-electron chi connectivity index (χ1n) is 7.97. The number of urea groups is 1. The third-order valence-corrected chi connectivity index (χ3v) is 3.85. The van der Waals surface area contributed by atoms with Crippen LogP contribution in [0, 0.1) is 0 Å². The number of amides is 2. The van der Waals surface area contributed by atoms with E-state index in [9.17, 15) is 4.79 Å². The van der Waals surface area contributed by atoms with E-state index in [4.69, 9.17) is 0 Å². The van der Waals surface area contributed by atoms with Gasteiger partial charge in [-0.1, -0.05) is 30.3 Å². The summed E-state index contributed by atoms with van der Waals surface area (Å²) in [6, 6.07) is 10.9. The quantitative estimate of drug-likeness (QED) is 0.903. The maximum atomic E-state index is 11.9. The average molecular weight is 289 g/mol. The van der Waals surface area contributed by atoms with E-state index >= 15 is 0 Å². The number of benzene rings is 1. The van der Waals surface area contributed by atoms with Gasteiger partial charge in [-0.3, -0.25) is 4.90 Å². The van der Waals surface area contributed by atoms with Crippen molar-refractivity contribution in [2.45, 2.75) is 32.7 Å². The van der Waals surface area contributed by atoms with Crippen LogP contribution in [0.3, 0.4) is 0 Å². The lowest BCUT2D eigenvalue weighted by Gasteiger charge is -2.35. The summed E-state index contributed by atoms with van der Waals surface area (Å²) >= 11 is 0. The van der Waals surface area contributed by atoms with E-state index in [-0.39, 0.29) is 12.1 Å². The first-order valence-corrected chi connectivity index (χ1v) is 7.97. The number of hydrogen-bond acceptors (Lipinski definition) is 2. The van der Waals surface area contributed by atoms with E-state index in [2.05, 4.69) is 40.5 Å². The van der Waals surface area contributed by atoms with E-state index in [0.717, 1.165) is 39.1 Å². The summed E-state index contributed by atoms with van der Waals surface area (Å²) in [5.74, 6) is 0. The summed E-state index contributed by atoms with van der Waals surface area (Å²) in [5.41, 5.74) is 1.41. The minimum absolute atomic E-state index is 0.0777. The Morgan fingerprint density at radius 3 is 2.43 bits per heavy atom. The van der Waals surface area contributed by atoms with Crippen molar-refractivity contribution in [1.29, 1.82) is 0 Å². The molecule has 2 rings (SSSR count). The fourth-order valence-corrected chi connectivity index (χ4v) is 2.66. The molecule has 0 aromatic heterocycles. The van der Waals surface area contributed by atoms with Crippen molar-refractivity contribution in [2.24, 2.45) is 0 Å². The van der Waals surface area contributed by atoms with Gasteiger partial charge in [-0.2, -0.15) is 0 Å². The summed E-state index contributed by atoms with van der Waals surface area (Å²) in [7, 11) is 0. The van der Waals surface area contributed by atoms with Crippen molar-refractivity contribution < 1.29 is 4.79 Å². The molecule has 1 aromatic carbocycles. The number of rotatable bonds is 5. The van der Waals surface area contributed by atoms with E-state index in [1.807, 2.05) is 18.7 Å². The Balaban J connectivity index is 1.64. The van der Waals surface area contributed by atoms with Crippen LogP contribution in [0.5, 0.6) is 0 Å². The Morgan fingerprint density at radius 1 is 1.14 bits per heavy atom. The lowest BCUT2D eigenvalue weighted by molar-refractivity contribution is 0.137. The van der Waals surface area contributed by atoms with Gasteiger partial charge >= 0.3 is 6.03 Å². The molecule has 1 heterocycles. The highest BCUT2D eigenvalue weighted by Gasteiger charge is 2.20. The van der Waals surface area contributed by atoms with Crippen LogP contribution in [0.15, 0.2) is 30.3 Å². The Hall–Kier alpha value is -1.55. The third-order valence-electron chi connectivity index (χ3n) is 3.85. The highest BCUT2D eigenvalue weighted by molar-refractivity contribution is 5.74. The molecular weight excluding hydrogens is 262 g/mol. The Kier molecular flexibility index (Phi) is 6.05. The molecule has 116 valence electrons. The highest BCUT2D eigenvalue weighted by Crippen LogP contribution is 2.06. The van der Waals surface area contributed by atoms with Gasteiger partial charge in [-0.05, 0) is 38.8 Å². The minimum Gasteiger partial charge on any atom is -0.336 e. The molecule has 4 nitrogen and oxygen atoms in total. The van der Waals surface area contributed by atoms with E-state index < -0.39 is 0 Å². The van der Waals surface area contributed by atoms with Crippen LogP contribution in [0.1, 0.15) is 25.8 Å². The van der Waals surface area contributed by atoms with Gasteiger partial charge in [0.25, 0.3) is 0 Å². The molecule has 1 aliphatic rings. The number of hydrogen-bond donors (Lipinski definition) is 1. The largest absolute Gasteiger partial charge is 0.336 e. The molecule has 0 atom stereocenters. The highest BCUT2D eigenvalue weighted by atomic mass is 16.2. The fraction of sp³-hybridized carbons (Fsp3) is 0.588. The van der Waals surface area contributed by atoms with Crippen LogP contribution >= 0.6 is 0 Å². The monoisotopic (exact) mass is 289 g/mol. The minimum atomic E-state index is 0.0777. The van der Waals surface area contributed by atoms with Gasteiger partial charge in [0.1, 0.15) is 0 Å². The zero-order chi connectivity index (χ0) is 15.1. The van der Waals surface area contributed by atoms with Gasteiger partial charge < -0.3 is 10.2 Å². The molecule has 0 bridgehead atoms. The first kappa shape index (κ1) is 15.8. The molecule has 1 aromatic rings. The molecule has 1 fully saturated rings. The fourth-order valence-electron chi connectivity index (χ4n) is 2.66. The summed E-state index contributed by atoms with van der Waals surface area (Å²) in [4.78, 5) is 16.3. The van der Waals surface area contributed by atoms with Crippen molar-refractivity contribution in [3.63, 3.8) is 0 Å². The Morgan fingerprint density at radius 2 is 1.81 bits per heavy atom. The van der Waals surface area contributed by atoms with E-state index in [0.29, 0.717) is 0 Å². The predicted octanol–water partition coefficient (Wildman–Crippen LogP) is 2.35. The van der Waals surface area contributed by atoms with Crippen LogP contribution in [0.2, 0.25) is 0 Å². The SMILES string of the molecule is CC(C)NC(=O)N1CCN(CCCc2ccccc2)CC1. The molecular formula is C17H27N3O. The van der Waals surface area contributed by atoms with Gasteiger partial charge in [0.05, 0.1) is 0 Å². The Bertz CT molecular complexity index is 425. The smallest absolute Gasteiger partial charge is 0.317 e. The Labute approximate surface area is 128 Å². The van der Waals surface area contributed by atoms with Gasteiger partial charge in [-0.15, -0.1) is 0 Å². The second-order valence-electron chi connectivity index (χ2n) is 6.02. The molecule has 0 saturated carbocycles. The van der Waals surface area contributed by atoms with Gasteiger partial charge in [0.15, 0.2) is 0 Å². The number of nitrogens with zero attached hydrogens (tertiary/aromatic N) is 2. The lowest BCUT2D eigenvalue weighted by Crippen LogP contribution is -2.52. The lowest BCUT2D eigenvalue weighted by atomic mass is 10.1. The molecule has 1 saturated heterocycles. The second-order valence-corrected chi connectivity index (χ2v) is 6.02. The normalized spacial score (nSPS) is 16.2. The van der Waals surface area contributed by atoms with Crippen LogP contribution in [-0.2, 0) is 6.42 Å². The number of carbonyl (C=O) groups is 1. The predicted molar refractivity (Wildman–Crippen MR) is 86.4 cm³/mol. The second kappa shape index (κ2) is 8.03. The number of aryl methyl sites for hydroxylation is 1. The van der Waals surface area contributed by atoms with Crippen LogP contribution in [-0.4, -0.2) is 54.6 Å². The molecule has 1 N–H and O–H groups in total. The van der Waals surface area contributed by atoms with Gasteiger partial charge in [0.2, 0.25) is 0 Å². The topological polar surface area (TPSA) is 35.6 Å². The van der Waals surface area contributed by atoms with Crippen molar-refractivity contribution in [3.05, 3.63) is 35.9 Å². The summed E-state index contributed by atoms with van der Waals surface area (Å²) in [6.07, 6.45) is 2.32. The standard InChI is InChI=1S/C17H27N3O/c1-15(2)18-17(21)20-13-11-19(12-14-20)10-6-9-16-7-4-3-5-8-16/h3-5,7-8,15H,6,9-14H2,1-2H3,(H,18,21). The van der Waals surface area contributed by atoms with E-state index in [1.54, 1.807) is 0 Å². The molecule has 0 unspecified atom stereocenters.